The van der Waals surface area contributed by atoms with Crippen molar-refractivity contribution in [3.8, 4) is 0 Å². The van der Waals surface area contributed by atoms with E-state index in [2.05, 4.69) is 81.5 Å². The summed E-state index contributed by atoms with van der Waals surface area (Å²) in [5.41, 5.74) is 0. The van der Waals surface area contributed by atoms with Gasteiger partial charge in [0.2, 0.25) is 0 Å². The van der Waals surface area contributed by atoms with Crippen LogP contribution in [0.4, 0.5) is 0 Å². The molecule has 66 heavy (non-hydrogen) atoms. The number of carbonyl (C=O) groups excluding carboxylic acids is 3. The van der Waals surface area contributed by atoms with Crippen molar-refractivity contribution in [1.82, 2.24) is 0 Å². The summed E-state index contributed by atoms with van der Waals surface area (Å²) in [5.74, 6) is -1.04. The molecular weight excluding hydrogens is 817 g/mol. The zero-order valence-corrected chi connectivity index (χ0v) is 43.4. The number of hydrogen-bond donors (Lipinski definition) is 0. The number of esters is 3. The van der Waals surface area contributed by atoms with Crippen LogP contribution in [0, 0.1) is 0 Å². The summed E-state index contributed by atoms with van der Waals surface area (Å²) < 4.78 is 16.7. The minimum atomic E-state index is -0.826. The fourth-order valence-electron chi connectivity index (χ4n) is 7.81. The molecule has 0 aromatic rings. The molecule has 0 heterocycles. The summed E-state index contributed by atoms with van der Waals surface area (Å²) >= 11 is 0. The molecular formula is C60H104O6. The first kappa shape index (κ1) is 62.8. The topological polar surface area (TPSA) is 78.9 Å². The third kappa shape index (κ3) is 51.8. The van der Waals surface area contributed by atoms with E-state index < -0.39 is 12.1 Å². The fourth-order valence-corrected chi connectivity index (χ4v) is 7.81. The van der Waals surface area contributed by atoms with Gasteiger partial charge in [-0.1, -0.05) is 254 Å². The smallest absolute Gasteiger partial charge is 0.310 e. The Hall–Kier alpha value is -3.15. The van der Waals surface area contributed by atoms with Crippen molar-refractivity contribution in [3.05, 3.63) is 72.9 Å². The number of carbonyl (C=O) groups is 3. The number of hydrogen-bond acceptors (Lipinski definition) is 6. The van der Waals surface area contributed by atoms with Crippen LogP contribution in [0.2, 0.25) is 0 Å². The highest BCUT2D eigenvalue weighted by Crippen LogP contribution is 2.15. The quantitative estimate of drug-likeness (QED) is 0.0262. The van der Waals surface area contributed by atoms with Crippen LogP contribution in [0.5, 0.6) is 0 Å². The van der Waals surface area contributed by atoms with E-state index in [4.69, 9.17) is 14.2 Å². The van der Waals surface area contributed by atoms with Gasteiger partial charge in [0.1, 0.15) is 13.2 Å². The van der Waals surface area contributed by atoms with Gasteiger partial charge in [-0.25, -0.2) is 0 Å². The molecule has 0 aromatic carbocycles. The lowest BCUT2D eigenvalue weighted by Crippen LogP contribution is -2.30. The molecule has 0 fully saturated rings. The van der Waals surface area contributed by atoms with Gasteiger partial charge in [0.05, 0.1) is 6.42 Å². The minimum Gasteiger partial charge on any atom is -0.462 e. The summed E-state index contributed by atoms with van der Waals surface area (Å²) in [6.45, 7) is 6.42. The third-order valence-electron chi connectivity index (χ3n) is 12.0. The SMILES string of the molecule is CC/C=C\C/C=C\C/C=C\C/C=C\C/C=C\CC(=O)OC(COC(=O)CCCCCCCCCC)COC(=O)CCCCCCCCCCCCCCC/C=C\CCCCCCCCCC. The van der Waals surface area contributed by atoms with Crippen molar-refractivity contribution in [3.63, 3.8) is 0 Å². The first-order valence-electron chi connectivity index (χ1n) is 27.9. The van der Waals surface area contributed by atoms with Crippen LogP contribution in [0.3, 0.4) is 0 Å². The molecule has 6 heteroatoms. The van der Waals surface area contributed by atoms with Crippen molar-refractivity contribution in [2.45, 2.75) is 277 Å². The van der Waals surface area contributed by atoms with E-state index in [1.54, 1.807) is 6.08 Å². The molecule has 1 atom stereocenters. The predicted molar refractivity (Wildman–Crippen MR) is 284 cm³/mol. The van der Waals surface area contributed by atoms with E-state index >= 15 is 0 Å². The molecule has 0 bridgehead atoms. The molecule has 0 rings (SSSR count). The molecule has 0 aliphatic carbocycles. The Morgan fingerprint density at radius 2 is 0.636 bits per heavy atom. The Morgan fingerprint density at radius 1 is 0.333 bits per heavy atom. The lowest BCUT2D eigenvalue weighted by molar-refractivity contribution is -0.166. The Kier molecular flexibility index (Phi) is 51.9. The molecule has 0 aliphatic heterocycles. The lowest BCUT2D eigenvalue weighted by Gasteiger charge is -2.18. The van der Waals surface area contributed by atoms with Gasteiger partial charge in [-0.05, 0) is 70.6 Å². The van der Waals surface area contributed by atoms with E-state index in [1.807, 2.05) is 6.08 Å². The molecule has 0 saturated heterocycles. The molecule has 0 aromatic heterocycles. The van der Waals surface area contributed by atoms with Crippen LogP contribution < -0.4 is 0 Å². The summed E-state index contributed by atoms with van der Waals surface area (Å²) in [4.78, 5) is 37.8. The number of rotatable bonds is 50. The van der Waals surface area contributed by atoms with E-state index in [0.29, 0.717) is 12.8 Å². The van der Waals surface area contributed by atoms with Crippen LogP contribution >= 0.6 is 0 Å². The van der Waals surface area contributed by atoms with E-state index in [1.165, 1.54) is 161 Å². The van der Waals surface area contributed by atoms with Gasteiger partial charge < -0.3 is 14.2 Å². The zero-order chi connectivity index (χ0) is 47.9. The van der Waals surface area contributed by atoms with Gasteiger partial charge in [-0.3, -0.25) is 14.4 Å². The van der Waals surface area contributed by atoms with Crippen molar-refractivity contribution in [2.75, 3.05) is 13.2 Å². The molecule has 0 radical (unpaired) electrons. The highest BCUT2D eigenvalue weighted by atomic mass is 16.6. The fraction of sp³-hybridized carbons (Fsp3) is 0.750. The third-order valence-corrected chi connectivity index (χ3v) is 12.0. The molecule has 1 unspecified atom stereocenters. The van der Waals surface area contributed by atoms with Crippen LogP contribution in [0.25, 0.3) is 0 Å². The van der Waals surface area contributed by atoms with Crippen LogP contribution in [0.1, 0.15) is 271 Å². The highest BCUT2D eigenvalue weighted by molar-refractivity contribution is 5.72. The van der Waals surface area contributed by atoms with Gasteiger partial charge >= 0.3 is 17.9 Å². The summed E-state index contributed by atoms with van der Waals surface area (Å²) in [5, 5.41) is 0. The molecule has 0 amide bonds. The Bertz CT molecular complexity index is 1240. The standard InChI is InChI=1S/C60H104O6/c1-4-7-10-13-16-19-21-23-25-26-27-28-29-30-31-32-33-34-36-37-39-41-44-47-50-53-59(62)65-56-57(55-64-58(61)52-49-46-43-18-15-12-9-6-3)66-60(63)54-51-48-45-42-40-38-35-24-22-20-17-14-11-8-5-2/h8,11,17,20,24,26-27,35,40,42,48,51,57H,4-7,9-10,12-16,18-19,21-23,25,28-34,36-39,41,43-47,49-50,52-56H2,1-3H3/b11-8-,20-17-,27-26-,35-24-,42-40-,51-48-. The largest absolute Gasteiger partial charge is 0.462 e. The van der Waals surface area contributed by atoms with E-state index in [0.717, 1.165) is 70.6 Å². The maximum atomic E-state index is 12.7. The average molecular weight is 921 g/mol. The maximum absolute atomic E-state index is 12.7. The molecule has 0 spiro atoms. The van der Waals surface area contributed by atoms with Crippen molar-refractivity contribution in [2.24, 2.45) is 0 Å². The van der Waals surface area contributed by atoms with Gasteiger partial charge in [-0.15, -0.1) is 0 Å². The molecule has 380 valence electrons. The monoisotopic (exact) mass is 921 g/mol. The second kappa shape index (κ2) is 54.5. The van der Waals surface area contributed by atoms with Gasteiger partial charge in [0, 0.05) is 12.8 Å². The molecule has 0 aliphatic rings. The highest BCUT2D eigenvalue weighted by Gasteiger charge is 2.19. The molecule has 0 N–H and O–H groups in total. The van der Waals surface area contributed by atoms with E-state index in [-0.39, 0.29) is 31.6 Å². The van der Waals surface area contributed by atoms with Crippen molar-refractivity contribution < 1.29 is 28.6 Å². The van der Waals surface area contributed by atoms with Crippen LogP contribution in [-0.4, -0.2) is 37.2 Å². The van der Waals surface area contributed by atoms with Crippen LogP contribution in [-0.2, 0) is 28.6 Å². The average Bonchev–Trinajstić information content (AvgIpc) is 3.31. The van der Waals surface area contributed by atoms with Gasteiger partial charge in [0.25, 0.3) is 0 Å². The van der Waals surface area contributed by atoms with Crippen molar-refractivity contribution in [1.29, 1.82) is 0 Å². The van der Waals surface area contributed by atoms with Gasteiger partial charge in [0.15, 0.2) is 6.10 Å². The molecule has 6 nitrogen and oxygen atoms in total. The number of ether oxygens (including phenoxy) is 3. The second-order valence-corrected chi connectivity index (χ2v) is 18.5. The Morgan fingerprint density at radius 3 is 0.985 bits per heavy atom. The Labute approximate surface area is 408 Å². The number of unbranched alkanes of at least 4 members (excludes halogenated alkanes) is 28. The maximum Gasteiger partial charge on any atom is 0.310 e. The Balaban J connectivity index is 4.24. The number of allylic oxidation sites excluding steroid dienone is 11. The van der Waals surface area contributed by atoms with Crippen LogP contribution in [0.15, 0.2) is 72.9 Å². The summed E-state index contributed by atoms with van der Waals surface area (Å²) in [7, 11) is 0. The first-order chi connectivity index (χ1) is 32.5. The summed E-state index contributed by atoms with van der Waals surface area (Å²) in [6, 6.07) is 0. The molecule has 0 saturated carbocycles. The predicted octanol–water partition coefficient (Wildman–Crippen LogP) is 18.6. The second-order valence-electron chi connectivity index (χ2n) is 18.5. The normalized spacial score (nSPS) is 12.6. The lowest BCUT2D eigenvalue weighted by atomic mass is 10.0. The summed E-state index contributed by atoms with van der Waals surface area (Å²) in [6.07, 6.45) is 69.5. The first-order valence-corrected chi connectivity index (χ1v) is 27.9. The van der Waals surface area contributed by atoms with E-state index in [9.17, 15) is 14.4 Å². The zero-order valence-electron chi connectivity index (χ0n) is 43.4. The van der Waals surface area contributed by atoms with Gasteiger partial charge in [-0.2, -0.15) is 0 Å². The minimum absolute atomic E-state index is 0.0991. The van der Waals surface area contributed by atoms with Crippen molar-refractivity contribution >= 4 is 17.9 Å².